The van der Waals surface area contributed by atoms with Gasteiger partial charge in [-0.15, -0.1) is 0 Å². The Kier molecular flexibility index (Phi) is 7.12. The molecule has 3 aliphatic rings. The average Bonchev–Trinajstić information content (AvgIpc) is 3.31. The Morgan fingerprint density at radius 2 is 1.87 bits per heavy atom. The van der Waals surface area contributed by atoms with Gasteiger partial charge in [-0.05, 0) is 72.8 Å². The molecular weight excluding hydrogens is 526 g/mol. The highest BCUT2D eigenvalue weighted by Crippen LogP contribution is 2.61. The molecule has 3 N–H and O–H groups in total. The summed E-state index contributed by atoms with van der Waals surface area (Å²) < 4.78 is 15.8. The molecule has 38 heavy (non-hydrogen) atoms. The average molecular weight is 560 g/mol. The van der Waals surface area contributed by atoms with Gasteiger partial charge in [0.1, 0.15) is 5.82 Å². The van der Waals surface area contributed by atoms with Crippen molar-refractivity contribution in [2.24, 2.45) is 11.3 Å². The lowest BCUT2D eigenvalue weighted by molar-refractivity contribution is -0.123. The molecule has 2 aromatic carbocycles. The van der Waals surface area contributed by atoms with Gasteiger partial charge in [-0.3, -0.25) is 9.59 Å². The van der Waals surface area contributed by atoms with E-state index in [0.29, 0.717) is 54.0 Å². The molecular formula is C30H33Cl2FN2O3. The summed E-state index contributed by atoms with van der Waals surface area (Å²) >= 11 is 12.5. The van der Waals surface area contributed by atoms with Crippen molar-refractivity contribution in [2.45, 2.75) is 76.4 Å². The monoisotopic (exact) mass is 558 g/mol. The number of fused-ring (bicyclic) bond motifs is 2. The molecule has 1 saturated carbocycles. The number of hydrogen-bond acceptors (Lipinski definition) is 3. The summed E-state index contributed by atoms with van der Waals surface area (Å²) in [4.78, 5) is 28.1. The Bertz CT molecular complexity index is 1310. The molecule has 5 rings (SSSR count). The van der Waals surface area contributed by atoms with E-state index >= 15 is 4.39 Å². The van der Waals surface area contributed by atoms with Crippen molar-refractivity contribution in [3.8, 4) is 0 Å². The smallest absolute Gasteiger partial charge is 0.247 e. The minimum atomic E-state index is -1.26. The first kappa shape index (κ1) is 27.2. The predicted molar refractivity (Wildman–Crippen MR) is 148 cm³/mol. The number of carbonyl (C=O) groups is 2. The van der Waals surface area contributed by atoms with Gasteiger partial charge in [0.2, 0.25) is 11.8 Å². The lowest BCUT2D eigenvalue weighted by atomic mass is 9.61. The maximum absolute atomic E-state index is 15.8. The Labute approximate surface area is 232 Å². The third kappa shape index (κ3) is 4.65. The van der Waals surface area contributed by atoms with Gasteiger partial charge in [0.05, 0.1) is 16.5 Å². The van der Waals surface area contributed by atoms with Crippen molar-refractivity contribution in [3.63, 3.8) is 0 Å². The van der Waals surface area contributed by atoms with Crippen LogP contribution in [-0.4, -0.2) is 29.1 Å². The second-order valence-electron chi connectivity index (χ2n) is 12.1. The van der Waals surface area contributed by atoms with Crippen molar-refractivity contribution in [2.75, 3.05) is 5.32 Å². The molecule has 1 spiro atoms. The van der Waals surface area contributed by atoms with Crippen LogP contribution in [0.5, 0.6) is 0 Å². The second kappa shape index (κ2) is 9.96. The normalized spacial score (nSPS) is 28.7. The highest BCUT2D eigenvalue weighted by molar-refractivity contribution is 6.31. The molecule has 0 unspecified atom stereocenters. The number of aliphatic hydroxyl groups excluding tert-OH is 1. The first-order valence-electron chi connectivity index (χ1n) is 13.2. The number of halogens is 3. The van der Waals surface area contributed by atoms with E-state index in [-0.39, 0.29) is 45.9 Å². The summed E-state index contributed by atoms with van der Waals surface area (Å²) in [5, 5.41) is 16.4. The minimum absolute atomic E-state index is 0.0623. The Hall–Kier alpha value is -2.41. The van der Waals surface area contributed by atoms with Crippen LogP contribution in [0.15, 0.2) is 48.0 Å². The molecule has 2 aromatic rings. The fraction of sp³-hybridized carbons (Fsp3) is 0.467. The van der Waals surface area contributed by atoms with Crippen LogP contribution in [0.4, 0.5) is 10.1 Å². The van der Waals surface area contributed by atoms with Crippen molar-refractivity contribution in [1.29, 1.82) is 0 Å². The zero-order valence-electron chi connectivity index (χ0n) is 21.8. The molecule has 0 bridgehead atoms. The Balaban J connectivity index is 1.69. The number of amides is 2. The number of aliphatic hydroxyl groups is 1. The van der Waals surface area contributed by atoms with Crippen molar-refractivity contribution >= 4 is 40.7 Å². The number of nitrogens with one attached hydrogen (secondary N) is 2. The van der Waals surface area contributed by atoms with Crippen LogP contribution in [0.1, 0.15) is 69.9 Å². The van der Waals surface area contributed by atoms with Gasteiger partial charge in [-0.2, -0.15) is 0 Å². The van der Waals surface area contributed by atoms with Crippen LogP contribution < -0.4 is 10.6 Å². The lowest BCUT2D eigenvalue weighted by Gasteiger charge is -2.39. The fourth-order valence-corrected chi connectivity index (χ4v) is 6.97. The van der Waals surface area contributed by atoms with Crippen LogP contribution in [-0.2, 0) is 15.0 Å². The number of hydrogen-bond donors (Lipinski definition) is 3. The molecule has 1 fully saturated rings. The van der Waals surface area contributed by atoms with E-state index in [2.05, 4.69) is 31.4 Å². The van der Waals surface area contributed by atoms with Crippen molar-refractivity contribution in [1.82, 2.24) is 5.32 Å². The summed E-state index contributed by atoms with van der Waals surface area (Å²) in [6.07, 6.45) is 4.67. The van der Waals surface area contributed by atoms with Crippen LogP contribution in [0.25, 0.3) is 0 Å². The van der Waals surface area contributed by atoms with Gasteiger partial charge in [-0.1, -0.05) is 68.2 Å². The van der Waals surface area contributed by atoms with Crippen molar-refractivity contribution in [3.05, 3.63) is 75.0 Å². The highest BCUT2D eigenvalue weighted by Gasteiger charge is 2.63. The summed E-state index contributed by atoms with van der Waals surface area (Å²) in [6.45, 7) is 6.26. The number of rotatable bonds is 4. The van der Waals surface area contributed by atoms with Crippen LogP contribution >= 0.6 is 23.2 Å². The van der Waals surface area contributed by atoms with E-state index in [9.17, 15) is 14.7 Å². The van der Waals surface area contributed by atoms with Crippen molar-refractivity contribution < 1.29 is 19.1 Å². The van der Waals surface area contributed by atoms with E-state index in [1.165, 1.54) is 6.07 Å². The predicted octanol–water partition coefficient (Wildman–Crippen LogP) is 6.52. The number of benzene rings is 2. The third-order valence-electron chi connectivity index (χ3n) is 8.20. The van der Waals surface area contributed by atoms with Gasteiger partial charge < -0.3 is 15.7 Å². The van der Waals surface area contributed by atoms with Crippen LogP contribution in [0, 0.1) is 17.2 Å². The lowest BCUT2D eigenvalue weighted by Crippen LogP contribution is -2.46. The number of allylic oxidation sites excluding steroid dienone is 1. The maximum Gasteiger partial charge on any atom is 0.247 e. The van der Waals surface area contributed by atoms with Gasteiger partial charge >= 0.3 is 0 Å². The van der Waals surface area contributed by atoms with Crippen LogP contribution in [0.2, 0.25) is 10.0 Å². The minimum Gasteiger partial charge on any atom is -0.393 e. The molecule has 2 aliphatic carbocycles. The summed E-state index contributed by atoms with van der Waals surface area (Å²) in [5.41, 5.74) is 0.410. The molecule has 0 saturated heterocycles. The molecule has 5 nitrogen and oxygen atoms in total. The SMILES string of the molecule is CC(C)(C)C[C@@H]1C=C(C(=O)NC2CCC(O)CC2)[C@H](c2cccc(Cl)c2F)[C@]12C(=O)Nc1cc(Cl)ccc12. The zero-order chi connectivity index (χ0) is 27.4. The van der Waals surface area contributed by atoms with Gasteiger partial charge in [0.25, 0.3) is 0 Å². The quantitative estimate of drug-likeness (QED) is 0.399. The van der Waals surface area contributed by atoms with E-state index in [0.717, 1.165) is 0 Å². The first-order chi connectivity index (χ1) is 17.9. The molecule has 3 atom stereocenters. The maximum atomic E-state index is 15.8. The number of carbonyl (C=O) groups excluding carboxylic acids is 2. The summed E-state index contributed by atoms with van der Waals surface area (Å²) in [7, 11) is 0. The van der Waals surface area contributed by atoms with Gasteiger partial charge in [0, 0.05) is 28.2 Å². The molecule has 8 heteroatoms. The molecule has 1 heterocycles. The molecule has 2 amide bonds. The summed E-state index contributed by atoms with van der Waals surface area (Å²) in [6, 6.07) is 9.89. The Morgan fingerprint density at radius 3 is 2.55 bits per heavy atom. The number of anilines is 1. The van der Waals surface area contributed by atoms with E-state index in [1.54, 1.807) is 24.3 Å². The largest absolute Gasteiger partial charge is 0.393 e. The Morgan fingerprint density at radius 1 is 1.16 bits per heavy atom. The molecule has 202 valence electrons. The molecule has 0 radical (unpaired) electrons. The van der Waals surface area contributed by atoms with Gasteiger partial charge in [-0.25, -0.2) is 4.39 Å². The van der Waals surface area contributed by atoms with E-state index in [4.69, 9.17) is 23.2 Å². The van der Waals surface area contributed by atoms with E-state index in [1.807, 2.05) is 12.1 Å². The standard InChI is InChI=1S/C30H33Cl2FN2O3/c1-29(2,3)15-16-13-21(27(37)34-18-8-10-19(36)11-9-18)25(20-5-4-6-23(32)26(20)33)30(16)22-12-7-17(31)14-24(22)35-28(30)38/h4-7,12-14,16,18-19,25,36H,8-11,15H2,1-3H3,(H,34,37)(H,35,38)/t16-,18?,19?,25-,30-/m0/s1. The van der Waals surface area contributed by atoms with Crippen LogP contribution in [0.3, 0.4) is 0 Å². The zero-order valence-corrected chi connectivity index (χ0v) is 23.3. The fourth-order valence-electron chi connectivity index (χ4n) is 6.62. The molecule has 0 aromatic heterocycles. The third-order valence-corrected chi connectivity index (χ3v) is 8.73. The topological polar surface area (TPSA) is 78.4 Å². The highest BCUT2D eigenvalue weighted by atomic mass is 35.5. The van der Waals surface area contributed by atoms with Gasteiger partial charge in [0.15, 0.2) is 0 Å². The first-order valence-corrected chi connectivity index (χ1v) is 13.9. The summed E-state index contributed by atoms with van der Waals surface area (Å²) in [5.74, 6) is -2.52. The second-order valence-corrected chi connectivity index (χ2v) is 12.9. The van der Waals surface area contributed by atoms with E-state index < -0.39 is 17.2 Å². The molecule has 1 aliphatic heterocycles.